The predicted octanol–water partition coefficient (Wildman–Crippen LogP) is 4.91. The molecule has 1 aliphatic heterocycles. The zero-order valence-electron chi connectivity index (χ0n) is 14.7. The third-order valence-electron chi connectivity index (χ3n) is 4.34. The standard InChI is InChI=1S/C22H21NO3/c1-16-6-8-17(9-7-16)14-24-20-5-3-2-4-18(20)13-23-19-10-11-21-22(12-19)26-15-25-21/h2-12,23H,13-15H2,1H3. The summed E-state index contributed by atoms with van der Waals surface area (Å²) in [5.74, 6) is 2.46. The van der Waals surface area contributed by atoms with Gasteiger partial charge in [-0.3, -0.25) is 0 Å². The van der Waals surface area contributed by atoms with Crippen LogP contribution in [0.5, 0.6) is 17.2 Å². The van der Waals surface area contributed by atoms with Crippen LogP contribution in [-0.2, 0) is 13.2 Å². The maximum atomic E-state index is 6.04. The van der Waals surface area contributed by atoms with E-state index in [0.29, 0.717) is 13.2 Å². The van der Waals surface area contributed by atoms with E-state index in [0.717, 1.165) is 34.1 Å². The van der Waals surface area contributed by atoms with Crippen LogP contribution in [0.1, 0.15) is 16.7 Å². The molecule has 0 saturated carbocycles. The van der Waals surface area contributed by atoms with Gasteiger partial charge in [0.05, 0.1) is 0 Å². The Morgan fingerprint density at radius 3 is 2.62 bits per heavy atom. The van der Waals surface area contributed by atoms with Crippen molar-refractivity contribution in [2.24, 2.45) is 0 Å². The summed E-state index contributed by atoms with van der Waals surface area (Å²) >= 11 is 0. The molecule has 1 aliphatic rings. The van der Waals surface area contributed by atoms with Gasteiger partial charge >= 0.3 is 0 Å². The number of para-hydroxylation sites is 1. The molecule has 0 saturated heterocycles. The molecule has 0 amide bonds. The topological polar surface area (TPSA) is 39.7 Å². The van der Waals surface area contributed by atoms with Crippen molar-refractivity contribution >= 4 is 5.69 Å². The highest BCUT2D eigenvalue weighted by Crippen LogP contribution is 2.34. The van der Waals surface area contributed by atoms with Crippen molar-refractivity contribution in [3.63, 3.8) is 0 Å². The molecule has 4 heteroatoms. The van der Waals surface area contributed by atoms with Crippen LogP contribution in [0.4, 0.5) is 5.69 Å². The fraction of sp³-hybridized carbons (Fsp3) is 0.182. The van der Waals surface area contributed by atoms with Gasteiger partial charge in [0.1, 0.15) is 12.4 Å². The molecule has 3 aromatic carbocycles. The van der Waals surface area contributed by atoms with Crippen molar-refractivity contribution in [1.29, 1.82) is 0 Å². The molecule has 1 heterocycles. The molecule has 0 atom stereocenters. The first kappa shape index (κ1) is 16.3. The number of ether oxygens (including phenoxy) is 3. The van der Waals surface area contributed by atoms with E-state index in [1.54, 1.807) is 0 Å². The Balaban J connectivity index is 1.41. The second-order valence-electron chi connectivity index (χ2n) is 6.30. The maximum Gasteiger partial charge on any atom is 0.231 e. The summed E-state index contributed by atoms with van der Waals surface area (Å²) in [6.45, 7) is 3.60. The van der Waals surface area contributed by atoms with Crippen LogP contribution in [0.15, 0.2) is 66.7 Å². The molecule has 0 bridgehead atoms. The molecule has 4 rings (SSSR count). The van der Waals surface area contributed by atoms with Crippen LogP contribution in [-0.4, -0.2) is 6.79 Å². The van der Waals surface area contributed by atoms with Crippen LogP contribution < -0.4 is 19.5 Å². The Bertz CT molecular complexity index is 890. The lowest BCUT2D eigenvalue weighted by molar-refractivity contribution is 0.174. The number of anilines is 1. The van der Waals surface area contributed by atoms with Crippen LogP contribution in [0.2, 0.25) is 0 Å². The number of nitrogens with one attached hydrogen (secondary N) is 1. The summed E-state index contributed by atoms with van der Waals surface area (Å²) in [4.78, 5) is 0. The number of aryl methyl sites for hydroxylation is 1. The molecule has 0 unspecified atom stereocenters. The molecule has 0 radical (unpaired) electrons. The first-order valence-electron chi connectivity index (χ1n) is 8.68. The van der Waals surface area contributed by atoms with Crippen LogP contribution >= 0.6 is 0 Å². The molecule has 1 N–H and O–H groups in total. The second-order valence-corrected chi connectivity index (χ2v) is 6.30. The van der Waals surface area contributed by atoms with E-state index < -0.39 is 0 Å². The van der Waals surface area contributed by atoms with E-state index in [9.17, 15) is 0 Å². The molecule has 0 spiro atoms. The summed E-state index contributed by atoms with van der Waals surface area (Å²) in [6, 6.07) is 22.4. The molecule has 0 aromatic heterocycles. The normalized spacial score (nSPS) is 12.0. The number of fused-ring (bicyclic) bond motifs is 1. The molecule has 0 aliphatic carbocycles. The number of hydrogen-bond donors (Lipinski definition) is 1. The zero-order valence-corrected chi connectivity index (χ0v) is 14.7. The largest absolute Gasteiger partial charge is 0.489 e. The molecule has 0 fully saturated rings. The van der Waals surface area contributed by atoms with Gasteiger partial charge < -0.3 is 19.5 Å². The summed E-state index contributed by atoms with van der Waals surface area (Å²) in [6.07, 6.45) is 0. The van der Waals surface area contributed by atoms with Gasteiger partial charge in [-0.25, -0.2) is 0 Å². The molecule has 26 heavy (non-hydrogen) atoms. The third-order valence-corrected chi connectivity index (χ3v) is 4.34. The van der Waals surface area contributed by atoms with Gasteiger partial charge in [0.2, 0.25) is 6.79 Å². The predicted molar refractivity (Wildman–Crippen MR) is 102 cm³/mol. The molecule has 3 aromatic rings. The lowest BCUT2D eigenvalue weighted by Crippen LogP contribution is -2.03. The average molecular weight is 347 g/mol. The first-order chi connectivity index (χ1) is 12.8. The summed E-state index contributed by atoms with van der Waals surface area (Å²) in [7, 11) is 0. The van der Waals surface area contributed by atoms with Crippen LogP contribution in [0.3, 0.4) is 0 Å². The Morgan fingerprint density at radius 1 is 0.923 bits per heavy atom. The number of benzene rings is 3. The first-order valence-corrected chi connectivity index (χ1v) is 8.68. The number of hydrogen-bond acceptors (Lipinski definition) is 4. The second kappa shape index (κ2) is 7.40. The fourth-order valence-electron chi connectivity index (χ4n) is 2.84. The minimum atomic E-state index is 0.286. The lowest BCUT2D eigenvalue weighted by Gasteiger charge is -2.13. The van der Waals surface area contributed by atoms with Gasteiger partial charge in [0.15, 0.2) is 11.5 Å². The quantitative estimate of drug-likeness (QED) is 0.687. The van der Waals surface area contributed by atoms with Gasteiger partial charge in [0.25, 0.3) is 0 Å². The summed E-state index contributed by atoms with van der Waals surface area (Å²) < 4.78 is 16.8. The summed E-state index contributed by atoms with van der Waals surface area (Å²) in [5.41, 5.74) is 4.51. The maximum absolute atomic E-state index is 6.04. The molecule has 132 valence electrons. The van der Waals surface area contributed by atoms with Crippen molar-refractivity contribution in [2.75, 3.05) is 12.1 Å². The lowest BCUT2D eigenvalue weighted by atomic mass is 10.1. The van der Waals surface area contributed by atoms with E-state index >= 15 is 0 Å². The Kier molecular flexibility index (Phi) is 4.65. The van der Waals surface area contributed by atoms with Gasteiger partial charge in [0, 0.05) is 23.9 Å². The minimum Gasteiger partial charge on any atom is -0.489 e. The van der Waals surface area contributed by atoms with Crippen LogP contribution in [0.25, 0.3) is 0 Å². The average Bonchev–Trinajstić information content (AvgIpc) is 3.14. The van der Waals surface area contributed by atoms with E-state index in [4.69, 9.17) is 14.2 Å². The number of rotatable bonds is 6. The van der Waals surface area contributed by atoms with Gasteiger partial charge in [-0.15, -0.1) is 0 Å². The highest BCUT2D eigenvalue weighted by molar-refractivity contribution is 5.56. The smallest absolute Gasteiger partial charge is 0.231 e. The van der Waals surface area contributed by atoms with Crippen LogP contribution in [0, 0.1) is 6.92 Å². The van der Waals surface area contributed by atoms with E-state index in [-0.39, 0.29) is 6.79 Å². The Labute approximate surface area is 153 Å². The molecule has 4 nitrogen and oxygen atoms in total. The summed E-state index contributed by atoms with van der Waals surface area (Å²) in [5, 5.41) is 3.42. The third kappa shape index (κ3) is 3.75. The zero-order chi connectivity index (χ0) is 17.8. The monoisotopic (exact) mass is 347 g/mol. The highest BCUT2D eigenvalue weighted by atomic mass is 16.7. The van der Waals surface area contributed by atoms with Crippen molar-refractivity contribution in [3.8, 4) is 17.2 Å². The minimum absolute atomic E-state index is 0.286. The molecular formula is C22H21NO3. The van der Waals surface area contributed by atoms with E-state index in [1.807, 2.05) is 36.4 Å². The van der Waals surface area contributed by atoms with Gasteiger partial charge in [-0.2, -0.15) is 0 Å². The van der Waals surface area contributed by atoms with E-state index in [1.165, 1.54) is 5.56 Å². The van der Waals surface area contributed by atoms with E-state index in [2.05, 4.69) is 42.6 Å². The van der Waals surface area contributed by atoms with Gasteiger partial charge in [-0.05, 0) is 30.7 Å². The Morgan fingerprint density at radius 2 is 1.73 bits per heavy atom. The highest BCUT2D eigenvalue weighted by Gasteiger charge is 2.13. The SMILES string of the molecule is Cc1ccc(COc2ccccc2CNc2ccc3c(c2)OCO3)cc1. The fourth-order valence-corrected chi connectivity index (χ4v) is 2.84. The Hall–Kier alpha value is -3.14. The van der Waals surface area contributed by atoms with Crippen molar-refractivity contribution in [3.05, 3.63) is 83.4 Å². The molecular weight excluding hydrogens is 326 g/mol. The van der Waals surface area contributed by atoms with Gasteiger partial charge in [-0.1, -0.05) is 48.0 Å². The van der Waals surface area contributed by atoms with Crippen molar-refractivity contribution < 1.29 is 14.2 Å². The van der Waals surface area contributed by atoms with Crippen molar-refractivity contribution in [1.82, 2.24) is 0 Å². The van der Waals surface area contributed by atoms with Crippen molar-refractivity contribution in [2.45, 2.75) is 20.1 Å².